The number of nitrogens with zero attached hydrogens (tertiary/aromatic N) is 3. The molecular formula is C21H21N3OS. The van der Waals surface area contributed by atoms with Gasteiger partial charge in [-0.1, -0.05) is 30.3 Å². The predicted octanol–water partition coefficient (Wildman–Crippen LogP) is 4.15. The van der Waals surface area contributed by atoms with Crippen molar-refractivity contribution >= 4 is 17.2 Å². The standard InChI is InChI=1S/C21H21N3OS/c25-20(14-19-15-26-21(23-19)18-4-2-1-3-5-18)24-12-8-17(9-13-24)16-6-10-22-11-7-16/h1-7,10-11,15,17H,8-9,12-14H2. The third kappa shape index (κ3) is 3.83. The lowest BCUT2D eigenvalue weighted by molar-refractivity contribution is -0.131. The van der Waals surface area contributed by atoms with Crippen molar-refractivity contribution in [1.29, 1.82) is 0 Å². The Hall–Kier alpha value is -2.53. The van der Waals surface area contributed by atoms with Crippen LogP contribution in [0.4, 0.5) is 0 Å². The van der Waals surface area contributed by atoms with E-state index in [1.54, 1.807) is 11.3 Å². The highest BCUT2D eigenvalue weighted by Gasteiger charge is 2.24. The smallest absolute Gasteiger partial charge is 0.228 e. The van der Waals surface area contributed by atoms with Crippen molar-refractivity contribution < 1.29 is 4.79 Å². The Morgan fingerprint density at radius 2 is 1.81 bits per heavy atom. The van der Waals surface area contributed by atoms with Crippen molar-refractivity contribution in [1.82, 2.24) is 14.9 Å². The first-order valence-electron chi connectivity index (χ1n) is 8.97. The van der Waals surface area contributed by atoms with Gasteiger partial charge in [0.05, 0.1) is 12.1 Å². The summed E-state index contributed by atoms with van der Waals surface area (Å²) < 4.78 is 0. The zero-order valence-electron chi connectivity index (χ0n) is 14.5. The fourth-order valence-electron chi connectivity index (χ4n) is 3.47. The van der Waals surface area contributed by atoms with Gasteiger partial charge in [-0.15, -0.1) is 11.3 Å². The maximum Gasteiger partial charge on any atom is 0.228 e. The molecule has 0 spiro atoms. The second kappa shape index (κ2) is 7.79. The number of rotatable bonds is 4. The Morgan fingerprint density at radius 3 is 2.54 bits per heavy atom. The van der Waals surface area contributed by atoms with Crippen LogP contribution in [0.25, 0.3) is 10.6 Å². The Morgan fingerprint density at radius 1 is 1.08 bits per heavy atom. The van der Waals surface area contributed by atoms with Gasteiger partial charge in [0.2, 0.25) is 5.91 Å². The van der Waals surface area contributed by atoms with Crippen LogP contribution in [0.3, 0.4) is 0 Å². The molecule has 0 radical (unpaired) electrons. The molecule has 4 rings (SSSR count). The number of piperidine rings is 1. The van der Waals surface area contributed by atoms with E-state index in [0.717, 1.165) is 42.2 Å². The first kappa shape index (κ1) is 16.9. The van der Waals surface area contributed by atoms with Crippen molar-refractivity contribution in [2.45, 2.75) is 25.2 Å². The largest absolute Gasteiger partial charge is 0.342 e. The minimum Gasteiger partial charge on any atom is -0.342 e. The van der Waals surface area contributed by atoms with E-state index in [2.05, 4.69) is 22.1 Å². The van der Waals surface area contributed by atoms with Gasteiger partial charge in [0, 0.05) is 36.4 Å². The number of benzene rings is 1. The van der Waals surface area contributed by atoms with E-state index in [0.29, 0.717) is 12.3 Å². The van der Waals surface area contributed by atoms with Gasteiger partial charge >= 0.3 is 0 Å². The highest BCUT2D eigenvalue weighted by Crippen LogP contribution is 2.28. The second-order valence-corrected chi connectivity index (χ2v) is 7.48. The number of amides is 1. The third-order valence-electron chi connectivity index (χ3n) is 4.93. The number of likely N-dealkylation sites (tertiary alicyclic amines) is 1. The fraction of sp³-hybridized carbons (Fsp3) is 0.286. The van der Waals surface area contributed by atoms with Crippen molar-refractivity contribution in [3.05, 3.63) is 71.5 Å². The summed E-state index contributed by atoms with van der Waals surface area (Å²) in [6.45, 7) is 1.64. The Balaban J connectivity index is 1.34. The van der Waals surface area contributed by atoms with E-state index < -0.39 is 0 Å². The summed E-state index contributed by atoms with van der Waals surface area (Å²) >= 11 is 1.60. The van der Waals surface area contributed by atoms with Gasteiger partial charge in [-0.2, -0.15) is 0 Å². The van der Waals surface area contributed by atoms with Crippen LogP contribution in [0, 0.1) is 0 Å². The van der Waals surface area contributed by atoms with Crippen molar-refractivity contribution in [3.8, 4) is 10.6 Å². The number of hydrogen-bond donors (Lipinski definition) is 0. The van der Waals surface area contributed by atoms with Crippen molar-refractivity contribution in [2.75, 3.05) is 13.1 Å². The lowest BCUT2D eigenvalue weighted by atomic mass is 9.90. The summed E-state index contributed by atoms with van der Waals surface area (Å²) in [6, 6.07) is 14.3. The fourth-order valence-corrected chi connectivity index (χ4v) is 4.29. The number of carbonyl (C=O) groups excluding carboxylic acids is 1. The molecule has 0 bridgehead atoms. The minimum absolute atomic E-state index is 0.183. The van der Waals surface area contributed by atoms with E-state index in [1.807, 2.05) is 53.0 Å². The lowest BCUT2D eigenvalue weighted by Gasteiger charge is -2.32. The SMILES string of the molecule is O=C(Cc1csc(-c2ccccc2)n1)N1CCC(c2ccncc2)CC1. The van der Waals surface area contributed by atoms with Crippen molar-refractivity contribution in [2.24, 2.45) is 0 Å². The number of hydrogen-bond acceptors (Lipinski definition) is 4. The molecule has 5 heteroatoms. The van der Waals surface area contributed by atoms with Crippen LogP contribution in [-0.4, -0.2) is 33.9 Å². The van der Waals surface area contributed by atoms with Crippen LogP contribution in [0.5, 0.6) is 0 Å². The molecule has 26 heavy (non-hydrogen) atoms. The molecular weight excluding hydrogens is 342 g/mol. The maximum atomic E-state index is 12.6. The molecule has 1 saturated heterocycles. The summed E-state index contributed by atoms with van der Waals surface area (Å²) in [4.78, 5) is 23.3. The van der Waals surface area contributed by atoms with E-state index in [1.165, 1.54) is 5.56 Å². The molecule has 2 aromatic heterocycles. The normalized spacial score (nSPS) is 15.2. The first-order chi connectivity index (χ1) is 12.8. The van der Waals surface area contributed by atoms with E-state index in [-0.39, 0.29) is 5.91 Å². The molecule has 1 amide bonds. The van der Waals surface area contributed by atoms with E-state index in [4.69, 9.17) is 0 Å². The molecule has 0 atom stereocenters. The van der Waals surface area contributed by atoms with Gasteiger partial charge in [0.15, 0.2) is 0 Å². The molecule has 3 aromatic rings. The molecule has 0 unspecified atom stereocenters. The molecule has 4 nitrogen and oxygen atoms in total. The Bertz CT molecular complexity index is 855. The molecule has 1 fully saturated rings. The summed E-state index contributed by atoms with van der Waals surface area (Å²) in [6.07, 6.45) is 6.12. The lowest BCUT2D eigenvalue weighted by Crippen LogP contribution is -2.38. The van der Waals surface area contributed by atoms with Crippen molar-refractivity contribution in [3.63, 3.8) is 0 Å². The topological polar surface area (TPSA) is 46.1 Å². The zero-order chi connectivity index (χ0) is 17.8. The average Bonchev–Trinajstić information content (AvgIpc) is 3.18. The molecule has 3 heterocycles. The molecule has 1 aliphatic heterocycles. The van der Waals surface area contributed by atoms with E-state index >= 15 is 0 Å². The van der Waals surface area contributed by atoms with Gasteiger partial charge < -0.3 is 4.90 Å². The van der Waals surface area contributed by atoms with Gasteiger partial charge in [-0.25, -0.2) is 4.98 Å². The van der Waals surface area contributed by atoms with Gasteiger partial charge in [0.1, 0.15) is 5.01 Å². The van der Waals surface area contributed by atoms with E-state index in [9.17, 15) is 4.79 Å². The first-order valence-corrected chi connectivity index (χ1v) is 9.85. The highest BCUT2D eigenvalue weighted by molar-refractivity contribution is 7.13. The number of thiazole rings is 1. The third-order valence-corrected chi connectivity index (χ3v) is 5.87. The monoisotopic (exact) mass is 363 g/mol. The molecule has 0 N–H and O–H groups in total. The summed E-state index contributed by atoms with van der Waals surface area (Å²) in [5.74, 6) is 0.717. The molecule has 0 aliphatic carbocycles. The van der Waals surface area contributed by atoms with Crippen LogP contribution >= 0.6 is 11.3 Å². The summed E-state index contributed by atoms with van der Waals surface area (Å²) in [5, 5.41) is 2.98. The quantitative estimate of drug-likeness (QED) is 0.699. The molecule has 0 saturated carbocycles. The number of aromatic nitrogens is 2. The Kier molecular flexibility index (Phi) is 5.07. The van der Waals surface area contributed by atoms with Gasteiger partial charge in [-0.05, 0) is 36.5 Å². The van der Waals surface area contributed by atoms with Gasteiger partial charge in [0.25, 0.3) is 0 Å². The Labute approximate surface area is 157 Å². The number of carbonyl (C=O) groups is 1. The van der Waals surface area contributed by atoms with Crippen LogP contribution in [0.15, 0.2) is 60.2 Å². The summed E-state index contributed by atoms with van der Waals surface area (Å²) in [7, 11) is 0. The predicted molar refractivity (Wildman–Crippen MR) is 104 cm³/mol. The highest BCUT2D eigenvalue weighted by atomic mass is 32.1. The van der Waals surface area contributed by atoms with Crippen LogP contribution < -0.4 is 0 Å². The minimum atomic E-state index is 0.183. The molecule has 1 aromatic carbocycles. The summed E-state index contributed by atoms with van der Waals surface area (Å²) in [5.41, 5.74) is 3.31. The van der Waals surface area contributed by atoms with Crippen LogP contribution in [0.2, 0.25) is 0 Å². The zero-order valence-corrected chi connectivity index (χ0v) is 15.4. The molecule has 1 aliphatic rings. The van der Waals surface area contributed by atoms with Gasteiger partial charge in [-0.3, -0.25) is 9.78 Å². The molecule has 132 valence electrons. The average molecular weight is 363 g/mol. The second-order valence-electron chi connectivity index (χ2n) is 6.62. The van der Waals surface area contributed by atoms with Crippen LogP contribution in [-0.2, 0) is 11.2 Å². The van der Waals surface area contributed by atoms with Crippen LogP contribution in [0.1, 0.15) is 30.0 Å². The maximum absolute atomic E-state index is 12.6. The number of pyridine rings is 1.